The molecule has 21 heavy (non-hydrogen) atoms. The normalized spacial score (nSPS) is 14.3. The molecule has 3 heteroatoms. The molecule has 1 aliphatic rings. The molecule has 1 atom stereocenters. The van der Waals surface area contributed by atoms with Crippen molar-refractivity contribution in [2.24, 2.45) is 0 Å². The lowest BCUT2D eigenvalue weighted by Gasteiger charge is -2.16. The molecule has 0 aliphatic carbocycles. The molecule has 0 radical (unpaired) electrons. The smallest absolute Gasteiger partial charge is 0.122 e. The molecule has 0 saturated heterocycles. The molecule has 2 aromatic carbocycles. The maximum absolute atomic E-state index is 9.28. The zero-order valence-electron chi connectivity index (χ0n) is 12.3. The summed E-state index contributed by atoms with van der Waals surface area (Å²) in [6.45, 7) is 3.00. The van der Waals surface area contributed by atoms with Crippen LogP contribution in [0, 0.1) is 0 Å². The average molecular weight is 283 g/mol. The van der Waals surface area contributed by atoms with E-state index in [1.807, 2.05) is 12.1 Å². The summed E-state index contributed by atoms with van der Waals surface area (Å²) in [5.41, 5.74) is 3.71. The maximum atomic E-state index is 9.28. The van der Waals surface area contributed by atoms with Gasteiger partial charge in [0.1, 0.15) is 11.5 Å². The number of benzene rings is 2. The number of rotatable bonds is 5. The topological polar surface area (TPSA) is 41.5 Å². The standard InChI is InChI=1S/C18H21NO2/c1-13(2-3-14-4-7-17(20)8-5-14)19-16-6-9-18-15(12-16)10-11-21-18/h4-9,12-13,19-20H,2-3,10-11H2,1H3. The average Bonchev–Trinajstić information content (AvgIpc) is 2.94. The number of hydrogen-bond donors (Lipinski definition) is 2. The van der Waals surface area contributed by atoms with Crippen LogP contribution in [0.4, 0.5) is 5.69 Å². The zero-order valence-corrected chi connectivity index (χ0v) is 12.3. The third-order valence-electron chi connectivity index (χ3n) is 3.90. The highest BCUT2D eigenvalue weighted by atomic mass is 16.5. The lowest BCUT2D eigenvalue weighted by Crippen LogP contribution is -2.16. The van der Waals surface area contributed by atoms with E-state index in [2.05, 4.69) is 30.4 Å². The summed E-state index contributed by atoms with van der Waals surface area (Å²) in [5, 5.41) is 12.8. The second kappa shape index (κ2) is 6.08. The highest BCUT2D eigenvalue weighted by Crippen LogP contribution is 2.28. The van der Waals surface area contributed by atoms with Crippen LogP contribution in [-0.4, -0.2) is 17.8 Å². The van der Waals surface area contributed by atoms with Crippen LogP contribution >= 0.6 is 0 Å². The van der Waals surface area contributed by atoms with Crippen molar-refractivity contribution < 1.29 is 9.84 Å². The number of phenolic OH excluding ortho intramolecular Hbond substituents is 1. The molecule has 0 spiro atoms. The zero-order chi connectivity index (χ0) is 14.7. The molecule has 0 fully saturated rings. The van der Waals surface area contributed by atoms with Crippen LogP contribution < -0.4 is 10.1 Å². The van der Waals surface area contributed by atoms with Gasteiger partial charge in [0.05, 0.1) is 6.61 Å². The molecule has 1 aliphatic heterocycles. The Bertz CT molecular complexity index is 607. The van der Waals surface area contributed by atoms with Gasteiger partial charge in [0, 0.05) is 18.2 Å². The van der Waals surface area contributed by atoms with Gasteiger partial charge in [0.2, 0.25) is 0 Å². The van der Waals surface area contributed by atoms with E-state index in [1.54, 1.807) is 12.1 Å². The van der Waals surface area contributed by atoms with Gasteiger partial charge in [0.15, 0.2) is 0 Å². The monoisotopic (exact) mass is 283 g/mol. The summed E-state index contributed by atoms with van der Waals surface area (Å²) in [6, 6.07) is 14.2. The first-order valence-corrected chi connectivity index (χ1v) is 7.51. The van der Waals surface area contributed by atoms with Gasteiger partial charge in [-0.15, -0.1) is 0 Å². The lowest BCUT2D eigenvalue weighted by atomic mass is 10.1. The van der Waals surface area contributed by atoms with Crippen molar-refractivity contribution in [3.63, 3.8) is 0 Å². The second-order valence-corrected chi connectivity index (χ2v) is 5.67. The molecule has 2 N–H and O–H groups in total. The Balaban J connectivity index is 1.54. The molecule has 0 saturated carbocycles. The van der Waals surface area contributed by atoms with E-state index in [9.17, 15) is 5.11 Å². The number of ether oxygens (including phenoxy) is 1. The first-order chi connectivity index (χ1) is 10.2. The highest BCUT2D eigenvalue weighted by molar-refractivity contribution is 5.52. The van der Waals surface area contributed by atoms with Gasteiger partial charge in [0.25, 0.3) is 0 Å². The predicted octanol–water partition coefficient (Wildman–Crippen LogP) is 3.76. The Morgan fingerprint density at radius 3 is 2.81 bits per heavy atom. The molecule has 110 valence electrons. The van der Waals surface area contributed by atoms with E-state index in [0.29, 0.717) is 11.8 Å². The van der Waals surface area contributed by atoms with E-state index in [4.69, 9.17) is 4.74 Å². The van der Waals surface area contributed by atoms with E-state index in [1.165, 1.54) is 11.1 Å². The number of hydrogen-bond acceptors (Lipinski definition) is 3. The molecule has 1 unspecified atom stereocenters. The minimum absolute atomic E-state index is 0.324. The molecule has 0 aromatic heterocycles. The summed E-state index contributed by atoms with van der Waals surface area (Å²) in [4.78, 5) is 0. The summed E-state index contributed by atoms with van der Waals surface area (Å²) < 4.78 is 5.53. The van der Waals surface area contributed by atoms with Crippen LogP contribution in [0.15, 0.2) is 42.5 Å². The van der Waals surface area contributed by atoms with Crippen LogP contribution in [0.1, 0.15) is 24.5 Å². The van der Waals surface area contributed by atoms with Crippen molar-refractivity contribution in [2.45, 2.75) is 32.2 Å². The van der Waals surface area contributed by atoms with Gasteiger partial charge in [-0.25, -0.2) is 0 Å². The minimum atomic E-state index is 0.324. The summed E-state index contributed by atoms with van der Waals surface area (Å²) in [6.07, 6.45) is 3.06. The van der Waals surface area contributed by atoms with E-state index < -0.39 is 0 Å². The summed E-state index contributed by atoms with van der Waals surface area (Å²) >= 11 is 0. The van der Waals surface area contributed by atoms with Crippen LogP contribution in [0.5, 0.6) is 11.5 Å². The molecule has 3 nitrogen and oxygen atoms in total. The fourth-order valence-electron chi connectivity index (χ4n) is 2.68. The van der Waals surface area contributed by atoms with Crippen molar-refractivity contribution >= 4 is 5.69 Å². The van der Waals surface area contributed by atoms with Crippen LogP contribution in [0.2, 0.25) is 0 Å². The number of aryl methyl sites for hydroxylation is 1. The highest BCUT2D eigenvalue weighted by Gasteiger charge is 2.12. The molecule has 3 rings (SSSR count). The van der Waals surface area contributed by atoms with E-state index in [-0.39, 0.29) is 0 Å². The maximum Gasteiger partial charge on any atom is 0.122 e. The Hall–Kier alpha value is -2.16. The van der Waals surface area contributed by atoms with Crippen molar-refractivity contribution in [1.82, 2.24) is 0 Å². The third-order valence-corrected chi connectivity index (χ3v) is 3.90. The molecule has 1 heterocycles. The van der Waals surface area contributed by atoms with E-state index >= 15 is 0 Å². The lowest BCUT2D eigenvalue weighted by molar-refractivity contribution is 0.357. The summed E-state index contributed by atoms with van der Waals surface area (Å²) in [7, 11) is 0. The first kappa shape index (κ1) is 13.8. The Morgan fingerprint density at radius 2 is 2.00 bits per heavy atom. The van der Waals surface area contributed by atoms with Crippen LogP contribution in [-0.2, 0) is 12.8 Å². The largest absolute Gasteiger partial charge is 0.508 e. The van der Waals surface area contributed by atoms with E-state index in [0.717, 1.165) is 37.3 Å². The molecule has 2 aromatic rings. The molecule has 0 amide bonds. The number of aromatic hydroxyl groups is 1. The predicted molar refractivity (Wildman–Crippen MR) is 85.2 cm³/mol. The Morgan fingerprint density at radius 1 is 1.19 bits per heavy atom. The van der Waals surface area contributed by atoms with Gasteiger partial charge in [-0.3, -0.25) is 0 Å². The van der Waals surface area contributed by atoms with Gasteiger partial charge >= 0.3 is 0 Å². The van der Waals surface area contributed by atoms with Gasteiger partial charge in [-0.1, -0.05) is 12.1 Å². The SMILES string of the molecule is CC(CCc1ccc(O)cc1)Nc1ccc2c(c1)CCO2. The number of phenols is 1. The number of anilines is 1. The van der Waals surface area contributed by atoms with Gasteiger partial charge in [-0.2, -0.15) is 0 Å². The minimum Gasteiger partial charge on any atom is -0.508 e. The molecular weight excluding hydrogens is 262 g/mol. The Kier molecular flexibility index (Phi) is 4.00. The van der Waals surface area contributed by atoms with Crippen molar-refractivity contribution in [3.8, 4) is 11.5 Å². The molecular formula is C18H21NO2. The van der Waals surface area contributed by atoms with Crippen molar-refractivity contribution in [1.29, 1.82) is 0 Å². The fourth-order valence-corrected chi connectivity index (χ4v) is 2.68. The van der Waals surface area contributed by atoms with Crippen molar-refractivity contribution in [3.05, 3.63) is 53.6 Å². The fraction of sp³-hybridized carbons (Fsp3) is 0.333. The van der Waals surface area contributed by atoms with Crippen molar-refractivity contribution in [2.75, 3.05) is 11.9 Å². The first-order valence-electron chi connectivity index (χ1n) is 7.51. The quantitative estimate of drug-likeness (QED) is 0.878. The van der Waals surface area contributed by atoms with Crippen LogP contribution in [0.3, 0.4) is 0 Å². The van der Waals surface area contributed by atoms with Gasteiger partial charge in [-0.05, 0) is 61.2 Å². The number of nitrogens with one attached hydrogen (secondary N) is 1. The van der Waals surface area contributed by atoms with Gasteiger partial charge < -0.3 is 15.2 Å². The van der Waals surface area contributed by atoms with Crippen LogP contribution in [0.25, 0.3) is 0 Å². The second-order valence-electron chi connectivity index (χ2n) is 5.67. The molecule has 0 bridgehead atoms. The Labute approximate surface area is 125 Å². The third kappa shape index (κ3) is 3.48. The summed E-state index contributed by atoms with van der Waals surface area (Å²) in [5.74, 6) is 1.35. The number of fused-ring (bicyclic) bond motifs is 1.